The van der Waals surface area contributed by atoms with Gasteiger partial charge in [-0.25, -0.2) is 0 Å². The zero-order chi connectivity index (χ0) is 14.8. The molecule has 106 valence electrons. The summed E-state index contributed by atoms with van der Waals surface area (Å²) in [6, 6.07) is 15.0. The second-order valence-electron chi connectivity index (χ2n) is 5.32. The van der Waals surface area contributed by atoms with Gasteiger partial charge in [0, 0.05) is 23.4 Å². The van der Waals surface area contributed by atoms with Gasteiger partial charge in [0.1, 0.15) is 0 Å². The van der Waals surface area contributed by atoms with Crippen molar-refractivity contribution in [3.8, 4) is 0 Å². The molecule has 0 saturated heterocycles. The van der Waals surface area contributed by atoms with Gasteiger partial charge < -0.3 is 4.90 Å². The van der Waals surface area contributed by atoms with E-state index in [4.69, 9.17) is 0 Å². The largest absolute Gasteiger partial charge is 0.308 e. The maximum absolute atomic E-state index is 12.7. The molecule has 0 spiro atoms. The Bertz CT molecular complexity index is 689. The molecule has 1 aliphatic heterocycles. The van der Waals surface area contributed by atoms with Crippen molar-refractivity contribution in [2.75, 3.05) is 11.4 Å². The van der Waals surface area contributed by atoms with Crippen molar-refractivity contribution >= 4 is 17.4 Å². The van der Waals surface area contributed by atoms with E-state index >= 15 is 0 Å². The van der Waals surface area contributed by atoms with Gasteiger partial charge in [-0.15, -0.1) is 0 Å². The molecule has 1 aliphatic rings. The quantitative estimate of drug-likeness (QED) is 0.789. The maximum Gasteiger partial charge on any atom is 0.258 e. The maximum atomic E-state index is 12.7. The lowest BCUT2D eigenvalue weighted by Gasteiger charge is -2.21. The Morgan fingerprint density at radius 1 is 1.05 bits per heavy atom. The zero-order valence-electron chi connectivity index (χ0n) is 12.0. The molecule has 3 nitrogen and oxygen atoms in total. The van der Waals surface area contributed by atoms with Crippen LogP contribution in [0, 0.1) is 0 Å². The molecule has 1 amide bonds. The van der Waals surface area contributed by atoms with Crippen LogP contribution in [0.3, 0.4) is 0 Å². The monoisotopic (exact) mass is 279 g/mol. The Labute approximate surface area is 124 Å². The second kappa shape index (κ2) is 5.52. The third-order valence-corrected chi connectivity index (χ3v) is 3.91. The molecule has 3 heteroatoms. The van der Waals surface area contributed by atoms with E-state index in [1.54, 1.807) is 24.0 Å². The molecule has 0 unspecified atom stereocenters. The fraction of sp³-hybridized carbons (Fsp3) is 0.222. The summed E-state index contributed by atoms with van der Waals surface area (Å²) in [6.45, 7) is 2.25. The average Bonchev–Trinajstić information content (AvgIpc) is 2.67. The number of Topliss-reactive ketones (excluding diaryl/α,β-unsaturated/α-hetero) is 1. The minimum atomic E-state index is 0.0362. The zero-order valence-corrected chi connectivity index (χ0v) is 12.0. The first-order valence-corrected chi connectivity index (χ1v) is 7.17. The number of anilines is 1. The number of benzene rings is 2. The van der Waals surface area contributed by atoms with Crippen molar-refractivity contribution in [3.63, 3.8) is 0 Å². The molecular formula is C18H17NO2. The van der Waals surface area contributed by atoms with E-state index in [9.17, 15) is 9.59 Å². The van der Waals surface area contributed by atoms with Gasteiger partial charge in [0.05, 0.1) is 0 Å². The number of hydrogen-bond acceptors (Lipinski definition) is 2. The number of fused-ring (bicyclic) bond motifs is 1. The van der Waals surface area contributed by atoms with Crippen molar-refractivity contribution in [1.29, 1.82) is 0 Å². The lowest BCUT2D eigenvalue weighted by Crippen LogP contribution is -2.30. The van der Waals surface area contributed by atoms with E-state index in [0.29, 0.717) is 12.1 Å². The summed E-state index contributed by atoms with van der Waals surface area (Å²) >= 11 is 0. The molecule has 0 fully saturated rings. The highest BCUT2D eigenvalue weighted by molar-refractivity contribution is 6.07. The molecule has 2 aromatic rings. The molecule has 0 atom stereocenters. The standard InChI is InChI=1S/C18H17NO2/c1-13(20)14-8-10-16(11-9-14)19-12-4-6-15-5-2-3-7-17(15)18(19)21/h2-3,5,7-11H,4,6,12H2,1H3. The van der Waals surface area contributed by atoms with Crippen LogP contribution in [-0.4, -0.2) is 18.2 Å². The molecule has 0 aromatic heterocycles. The third kappa shape index (κ3) is 2.59. The first-order chi connectivity index (χ1) is 10.2. The lowest BCUT2D eigenvalue weighted by molar-refractivity contribution is 0.0987. The Kier molecular flexibility index (Phi) is 3.57. The first-order valence-electron chi connectivity index (χ1n) is 7.17. The molecule has 0 radical (unpaired) electrons. The van der Waals surface area contributed by atoms with Crippen LogP contribution >= 0.6 is 0 Å². The van der Waals surface area contributed by atoms with E-state index in [1.807, 2.05) is 36.4 Å². The predicted octanol–water partition coefficient (Wildman–Crippen LogP) is 3.48. The summed E-state index contributed by atoms with van der Waals surface area (Å²) in [7, 11) is 0. The van der Waals surface area contributed by atoms with Gasteiger partial charge in [-0.05, 0) is 55.7 Å². The smallest absolute Gasteiger partial charge is 0.258 e. The van der Waals surface area contributed by atoms with Gasteiger partial charge in [0.25, 0.3) is 5.91 Å². The van der Waals surface area contributed by atoms with Gasteiger partial charge in [0.2, 0.25) is 0 Å². The summed E-state index contributed by atoms with van der Waals surface area (Å²) in [5.74, 6) is 0.0766. The van der Waals surface area contributed by atoms with Crippen molar-refractivity contribution in [2.45, 2.75) is 19.8 Å². The van der Waals surface area contributed by atoms with Gasteiger partial charge >= 0.3 is 0 Å². The van der Waals surface area contributed by atoms with E-state index < -0.39 is 0 Å². The van der Waals surface area contributed by atoms with Crippen LogP contribution in [0.25, 0.3) is 0 Å². The topological polar surface area (TPSA) is 37.4 Å². The minimum absolute atomic E-state index is 0.0362. The van der Waals surface area contributed by atoms with Crippen LogP contribution in [0.1, 0.15) is 39.6 Å². The van der Waals surface area contributed by atoms with Crippen molar-refractivity contribution in [3.05, 3.63) is 65.2 Å². The molecule has 0 saturated carbocycles. The number of nitrogens with zero attached hydrogens (tertiary/aromatic N) is 1. The highest BCUT2D eigenvalue weighted by Crippen LogP contribution is 2.24. The van der Waals surface area contributed by atoms with Crippen LogP contribution < -0.4 is 4.90 Å². The molecule has 1 heterocycles. The number of aryl methyl sites for hydroxylation is 1. The molecule has 0 aliphatic carbocycles. The minimum Gasteiger partial charge on any atom is -0.308 e. The Morgan fingerprint density at radius 3 is 2.48 bits per heavy atom. The first kappa shape index (κ1) is 13.6. The number of rotatable bonds is 2. The SMILES string of the molecule is CC(=O)c1ccc(N2CCCc3ccccc3C2=O)cc1. The van der Waals surface area contributed by atoms with Gasteiger partial charge in [0.15, 0.2) is 5.78 Å². The Morgan fingerprint density at radius 2 is 1.76 bits per heavy atom. The number of carbonyl (C=O) groups excluding carboxylic acids is 2. The number of ketones is 1. The van der Waals surface area contributed by atoms with Crippen molar-refractivity contribution < 1.29 is 9.59 Å². The van der Waals surface area contributed by atoms with Crippen LogP contribution in [0.5, 0.6) is 0 Å². The van der Waals surface area contributed by atoms with E-state index in [-0.39, 0.29) is 11.7 Å². The third-order valence-electron chi connectivity index (χ3n) is 3.91. The van der Waals surface area contributed by atoms with Gasteiger partial charge in [-0.2, -0.15) is 0 Å². The molecule has 0 bridgehead atoms. The van der Waals surface area contributed by atoms with Crippen molar-refractivity contribution in [1.82, 2.24) is 0 Å². The van der Waals surface area contributed by atoms with E-state index in [0.717, 1.165) is 29.7 Å². The Hall–Kier alpha value is -2.42. The molecule has 2 aromatic carbocycles. The van der Waals surface area contributed by atoms with Crippen LogP contribution in [-0.2, 0) is 6.42 Å². The van der Waals surface area contributed by atoms with Crippen LogP contribution in [0.2, 0.25) is 0 Å². The normalized spacial score (nSPS) is 14.5. The molecular weight excluding hydrogens is 262 g/mol. The molecule has 0 N–H and O–H groups in total. The van der Waals surface area contributed by atoms with Crippen molar-refractivity contribution in [2.24, 2.45) is 0 Å². The van der Waals surface area contributed by atoms with Crippen LogP contribution in [0.4, 0.5) is 5.69 Å². The van der Waals surface area contributed by atoms with Gasteiger partial charge in [-0.3, -0.25) is 9.59 Å². The summed E-state index contributed by atoms with van der Waals surface area (Å²) in [5.41, 5.74) is 3.42. The Balaban J connectivity index is 1.95. The fourth-order valence-corrected chi connectivity index (χ4v) is 2.74. The van der Waals surface area contributed by atoms with E-state index in [2.05, 4.69) is 0 Å². The number of amides is 1. The summed E-state index contributed by atoms with van der Waals surface area (Å²) in [6.07, 6.45) is 1.86. The molecule has 21 heavy (non-hydrogen) atoms. The van der Waals surface area contributed by atoms with Crippen LogP contribution in [0.15, 0.2) is 48.5 Å². The fourth-order valence-electron chi connectivity index (χ4n) is 2.74. The summed E-state index contributed by atoms with van der Waals surface area (Å²) in [4.78, 5) is 25.9. The highest BCUT2D eigenvalue weighted by atomic mass is 16.2. The second-order valence-corrected chi connectivity index (χ2v) is 5.32. The number of hydrogen-bond donors (Lipinski definition) is 0. The van der Waals surface area contributed by atoms with E-state index in [1.165, 1.54) is 0 Å². The molecule has 3 rings (SSSR count). The average molecular weight is 279 g/mol. The number of carbonyl (C=O) groups is 2. The highest BCUT2D eigenvalue weighted by Gasteiger charge is 2.23. The predicted molar refractivity (Wildman–Crippen MR) is 82.9 cm³/mol. The lowest BCUT2D eigenvalue weighted by atomic mass is 10.0. The summed E-state index contributed by atoms with van der Waals surface area (Å²) < 4.78 is 0. The summed E-state index contributed by atoms with van der Waals surface area (Å²) in [5, 5.41) is 0. The van der Waals surface area contributed by atoms with Gasteiger partial charge in [-0.1, -0.05) is 18.2 Å².